The molecule has 0 aliphatic rings. The quantitative estimate of drug-likeness (QED) is 0.557. The first-order valence-electron chi connectivity index (χ1n) is 4.74. The molecule has 0 rings (SSSR count). The van der Waals surface area contributed by atoms with Crippen LogP contribution in [0.3, 0.4) is 0 Å². The van der Waals surface area contributed by atoms with Crippen LogP contribution in [-0.4, -0.2) is 35.5 Å². The van der Waals surface area contributed by atoms with Gasteiger partial charge in [-0.25, -0.2) is 4.79 Å². The Hall–Kier alpha value is -1.59. The number of carbonyl (C=O) groups is 3. The molecule has 0 radical (unpaired) electrons. The standard InChI is InChI=1S/C9H16N2O4/c1-3-4-7(9(14)15)11-8(13)5-10-6(2)12/h7H,3-5H2,1-2H3,(H,10,12)(H,11,13)(H,14,15)/t7-/m0/s1. The summed E-state index contributed by atoms with van der Waals surface area (Å²) in [7, 11) is 0. The van der Waals surface area contributed by atoms with Crippen LogP contribution in [0.4, 0.5) is 0 Å². The molecule has 15 heavy (non-hydrogen) atoms. The van der Waals surface area contributed by atoms with Gasteiger partial charge in [-0.3, -0.25) is 9.59 Å². The van der Waals surface area contributed by atoms with Crippen molar-refractivity contribution < 1.29 is 19.5 Å². The molecule has 0 bridgehead atoms. The van der Waals surface area contributed by atoms with Crippen LogP contribution in [0.2, 0.25) is 0 Å². The molecule has 0 unspecified atom stereocenters. The van der Waals surface area contributed by atoms with E-state index in [1.807, 2.05) is 6.92 Å². The molecule has 0 aliphatic carbocycles. The number of amides is 2. The van der Waals surface area contributed by atoms with Crippen molar-refractivity contribution in [1.82, 2.24) is 10.6 Å². The minimum Gasteiger partial charge on any atom is -0.480 e. The Morgan fingerprint density at radius 3 is 2.33 bits per heavy atom. The van der Waals surface area contributed by atoms with E-state index in [1.54, 1.807) is 0 Å². The van der Waals surface area contributed by atoms with Gasteiger partial charge in [-0.2, -0.15) is 0 Å². The van der Waals surface area contributed by atoms with Gasteiger partial charge < -0.3 is 15.7 Å². The highest BCUT2D eigenvalue weighted by atomic mass is 16.4. The second-order valence-electron chi connectivity index (χ2n) is 3.16. The Labute approximate surface area is 88.0 Å². The summed E-state index contributed by atoms with van der Waals surface area (Å²) in [6.07, 6.45) is 1.04. The molecule has 0 heterocycles. The summed E-state index contributed by atoms with van der Waals surface area (Å²) in [6, 6.07) is -0.878. The molecule has 0 aromatic heterocycles. The monoisotopic (exact) mass is 216 g/mol. The van der Waals surface area contributed by atoms with E-state index in [0.29, 0.717) is 12.8 Å². The molecular formula is C9H16N2O4. The molecule has 0 saturated carbocycles. The van der Waals surface area contributed by atoms with Crippen LogP contribution >= 0.6 is 0 Å². The Morgan fingerprint density at radius 1 is 1.33 bits per heavy atom. The smallest absolute Gasteiger partial charge is 0.326 e. The average Bonchev–Trinajstić information content (AvgIpc) is 2.14. The lowest BCUT2D eigenvalue weighted by Gasteiger charge is -2.13. The van der Waals surface area contributed by atoms with Gasteiger partial charge in [0, 0.05) is 6.92 Å². The normalized spacial score (nSPS) is 11.6. The molecule has 0 aliphatic heterocycles. The molecule has 3 N–H and O–H groups in total. The maximum Gasteiger partial charge on any atom is 0.326 e. The van der Waals surface area contributed by atoms with E-state index in [4.69, 9.17) is 5.11 Å². The summed E-state index contributed by atoms with van der Waals surface area (Å²) >= 11 is 0. The number of hydrogen-bond acceptors (Lipinski definition) is 3. The minimum atomic E-state index is -1.06. The van der Waals surface area contributed by atoms with E-state index in [-0.39, 0.29) is 12.5 Å². The van der Waals surface area contributed by atoms with Crippen LogP contribution in [0.15, 0.2) is 0 Å². The van der Waals surface area contributed by atoms with Gasteiger partial charge in [0.25, 0.3) is 0 Å². The zero-order chi connectivity index (χ0) is 11.8. The van der Waals surface area contributed by atoms with Crippen molar-refractivity contribution in [3.8, 4) is 0 Å². The van der Waals surface area contributed by atoms with Gasteiger partial charge in [-0.1, -0.05) is 13.3 Å². The van der Waals surface area contributed by atoms with Gasteiger partial charge >= 0.3 is 5.97 Å². The Kier molecular flexibility index (Phi) is 6.08. The number of hydrogen-bond donors (Lipinski definition) is 3. The number of nitrogens with one attached hydrogen (secondary N) is 2. The lowest BCUT2D eigenvalue weighted by Crippen LogP contribution is -2.45. The SMILES string of the molecule is CCC[C@H](NC(=O)CNC(C)=O)C(=O)O. The molecular weight excluding hydrogens is 200 g/mol. The van der Waals surface area contributed by atoms with Crippen molar-refractivity contribution in [1.29, 1.82) is 0 Å². The van der Waals surface area contributed by atoms with E-state index >= 15 is 0 Å². The van der Waals surface area contributed by atoms with E-state index in [0.717, 1.165) is 0 Å². The predicted octanol–water partition coefficient (Wildman–Crippen LogP) is -0.508. The number of carbonyl (C=O) groups excluding carboxylic acids is 2. The average molecular weight is 216 g/mol. The molecule has 2 amide bonds. The van der Waals surface area contributed by atoms with Crippen LogP contribution in [0, 0.1) is 0 Å². The molecule has 0 fully saturated rings. The van der Waals surface area contributed by atoms with Crippen LogP contribution in [0.5, 0.6) is 0 Å². The Balaban J connectivity index is 3.99. The van der Waals surface area contributed by atoms with Gasteiger partial charge in [0.2, 0.25) is 11.8 Å². The lowest BCUT2D eigenvalue weighted by atomic mass is 10.1. The van der Waals surface area contributed by atoms with E-state index < -0.39 is 17.9 Å². The summed E-state index contributed by atoms with van der Waals surface area (Å²) < 4.78 is 0. The summed E-state index contributed by atoms with van der Waals surface area (Å²) in [4.78, 5) is 32.3. The minimum absolute atomic E-state index is 0.192. The number of rotatable bonds is 6. The number of carboxylic acid groups (broad SMARTS) is 1. The fourth-order valence-corrected chi connectivity index (χ4v) is 0.996. The third-order valence-corrected chi connectivity index (χ3v) is 1.71. The second-order valence-corrected chi connectivity index (χ2v) is 3.16. The van der Waals surface area contributed by atoms with Crippen LogP contribution < -0.4 is 10.6 Å². The number of carboxylic acids is 1. The second kappa shape index (κ2) is 6.80. The van der Waals surface area contributed by atoms with Crippen LogP contribution in [-0.2, 0) is 14.4 Å². The third kappa shape index (κ3) is 6.48. The molecule has 0 aromatic carbocycles. The molecule has 0 spiro atoms. The lowest BCUT2D eigenvalue weighted by molar-refractivity contribution is -0.141. The highest BCUT2D eigenvalue weighted by Crippen LogP contribution is 1.96. The number of aliphatic carboxylic acids is 1. The van der Waals surface area contributed by atoms with Gasteiger partial charge in [0.05, 0.1) is 6.54 Å². The third-order valence-electron chi connectivity index (χ3n) is 1.71. The van der Waals surface area contributed by atoms with Gasteiger partial charge in [-0.05, 0) is 6.42 Å². The Bertz CT molecular complexity index is 252. The van der Waals surface area contributed by atoms with E-state index in [2.05, 4.69) is 10.6 Å². The maximum atomic E-state index is 11.1. The molecule has 86 valence electrons. The molecule has 6 heteroatoms. The van der Waals surface area contributed by atoms with Gasteiger partial charge in [0.15, 0.2) is 0 Å². The van der Waals surface area contributed by atoms with Crippen molar-refractivity contribution in [3.05, 3.63) is 0 Å². The first kappa shape index (κ1) is 13.4. The zero-order valence-electron chi connectivity index (χ0n) is 8.87. The fourth-order valence-electron chi connectivity index (χ4n) is 0.996. The van der Waals surface area contributed by atoms with E-state index in [9.17, 15) is 14.4 Å². The summed E-state index contributed by atoms with van der Waals surface area (Å²) in [5.41, 5.74) is 0. The predicted molar refractivity (Wildman–Crippen MR) is 53.2 cm³/mol. The van der Waals surface area contributed by atoms with Crippen LogP contribution in [0.25, 0.3) is 0 Å². The Morgan fingerprint density at radius 2 is 1.93 bits per heavy atom. The van der Waals surface area contributed by atoms with Crippen molar-refractivity contribution in [2.45, 2.75) is 32.7 Å². The molecule has 0 saturated heterocycles. The molecule has 6 nitrogen and oxygen atoms in total. The van der Waals surface area contributed by atoms with Crippen LogP contribution in [0.1, 0.15) is 26.7 Å². The van der Waals surface area contributed by atoms with Crippen molar-refractivity contribution in [2.24, 2.45) is 0 Å². The largest absolute Gasteiger partial charge is 0.480 e. The van der Waals surface area contributed by atoms with Gasteiger partial charge in [0.1, 0.15) is 6.04 Å². The molecule has 1 atom stereocenters. The summed E-state index contributed by atoms with van der Waals surface area (Å²) in [5.74, 6) is -1.88. The van der Waals surface area contributed by atoms with Gasteiger partial charge in [-0.15, -0.1) is 0 Å². The highest BCUT2D eigenvalue weighted by Gasteiger charge is 2.18. The topological polar surface area (TPSA) is 95.5 Å². The van der Waals surface area contributed by atoms with Crippen molar-refractivity contribution >= 4 is 17.8 Å². The summed E-state index contributed by atoms with van der Waals surface area (Å²) in [6.45, 7) is 2.92. The molecule has 0 aromatic rings. The zero-order valence-corrected chi connectivity index (χ0v) is 8.87. The highest BCUT2D eigenvalue weighted by molar-refractivity contribution is 5.87. The maximum absolute atomic E-state index is 11.1. The van der Waals surface area contributed by atoms with E-state index in [1.165, 1.54) is 6.92 Å². The first-order valence-corrected chi connectivity index (χ1v) is 4.74. The van der Waals surface area contributed by atoms with Crippen molar-refractivity contribution in [3.63, 3.8) is 0 Å². The fraction of sp³-hybridized carbons (Fsp3) is 0.667. The van der Waals surface area contributed by atoms with Crippen molar-refractivity contribution in [2.75, 3.05) is 6.54 Å². The first-order chi connectivity index (χ1) is 6.97. The summed E-state index contributed by atoms with van der Waals surface area (Å²) in [5, 5.41) is 13.3.